The molecule has 3 N–H and O–H groups in total. The topological polar surface area (TPSA) is 90.7 Å². The first-order chi connectivity index (χ1) is 13.5. The van der Waals surface area contributed by atoms with E-state index in [1.54, 1.807) is 7.11 Å². The fraction of sp³-hybridized carbons (Fsp3) is 0.429. The van der Waals surface area contributed by atoms with Crippen LogP contribution in [-0.4, -0.2) is 25.5 Å². The molecule has 1 heterocycles. The summed E-state index contributed by atoms with van der Waals surface area (Å²) in [5.41, 5.74) is 7.10. The molecule has 0 aliphatic heterocycles. The quantitative estimate of drug-likeness (QED) is 0.658. The lowest BCUT2D eigenvalue weighted by Gasteiger charge is -2.18. The molecule has 1 unspecified atom stereocenters. The van der Waals surface area contributed by atoms with Crippen LogP contribution in [-0.2, 0) is 17.6 Å². The van der Waals surface area contributed by atoms with Crippen molar-refractivity contribution < 1.29 is 19.1 Å². The summed E-state index contributed by atoms with van der Waals surface area (Å²) >= 11 is 1.49. The molecule has 0 bridgehead atoms. The molecule has 2 aromatic rings. The van der Waals surface area contributed by atoms with E-state index in [0.29, 0.717) is 35.9 Å². The molecule has 1 atom stereocenters. The minimum atomic E-state index is -0.467. The molecule has 0 saturated carbocycles. The number of benzene rings is 1. The van der Waals surface area contributed by atoms with Gasteiger partial charge in [-0.25, -0.2) is 0 Å². The minimum absolute atomic E-state index is 0.132. The second-order valence-corrected chi connectivity index (χ2v) is 8.20. The van der Waals surface area contributed by atoms with E-state index >= 15 is 0 Å². The molecule has 0 fully saturated rings. The van der Waals surface area contributed by atoms with Crippen LogP contribution in [0.2, 0.25) is 0 Å². The molecular formula is C21H26N2O4S. The number of amides is 2. The van der Waals surface area contributed by atoms with Gasteiger partial charge in [-0.3, -0.25) is 9.59 Å². The normalized spacial score (nSPS) is 15.6. The second-order valence-electron chi connectivity index (χ2n) is 7.10. The first kappa shape index (κ1) is 20.2. The van der Waals surface area contributed by atoms with Crippen LogP contribution in [0.25, 0.3) is 0 Å². The summed E-state index contributed by atoms with van der Waals surface area (Å²) < 4.78 is 10.7. The number of carbonyl (C=O) groups is 2. The van der Waals surface area contributed by atoms with E-state index < -0.39 is 5.91 Å². The second kappa shape index (κ2) is 9.10. The number of fused-ring (bicyclic) bond motifs is 1. The summed E-state index contributed by atoms with van der Waals surface area (Å²) in [7, 11) is 1.61. The van der Waals surface area contributed by atoms with Crippen molar-refractivity contribution >= 4 is 28.2 Å². The Hall–Kier alpha value is -2.54. The summed E-state index contributed by atoms with van der Waals surface area (Å²) in [5, 5.41) is 3.47. The predicted octanol–water partition coefficient (Wildman–Crippen LogP) is 3.78. The Labute approximate surface area is 169 Å². The van der Waals surface area contributed by atoms with Gasteiger partial charge in [0.15, 0.2) is 0 Å². The fourth-order valence-electron chi connectivity index (χ4n) is 3.38. The molecule has 0 radical (unpaired) electrons. The molecule has 3 rings (SSSR count). The fourth-order valence-corrected chi connectivity index (χ4v) is 4.82. The number of thiophene rings is 1. The molecule has 2 amide bonds. The third-order valence-electron chi connectivity index (χ3n) is 4.89. The van der Waals surface area contributed by atoms with Gasteiger partial charge < -0.3 is 20.5 Å². The van der Waals surface area contributed by atoms with E-state index in [4.69, 9.17) is 15.2 Å². The van der Waals surface area contributed by atoms with Gasteiger partial charge in [-0.2, -0.15) is 0 Å². The Balaban J connectivity index is 1.52. The van der Waals surface area contributed by atoms with E-state index in [1.807, 2.05) is 24.3 Å². The molecule has 1 aromatic carbocycles. The van der Waals surface area contributed by atoms with Crippen LogP contribution >= 0.6 is 11.3 Å². The first-order valence-corrected chi connectivity index (χ1v) is 10.3. The zero-order valence-corrected chi connectivity index (χ0v) is 17.1. The van der Waals surface area contributed by atoms with Crippen molar-refractivity contribution in [2.75, 3.05) is 19.0 Å². The molecule has 1 aliphatic rings. The van der Waals surface area contributed by atoms with Crippen molar-refractivity contribution in [3.05, 3.63) is 40.3 Å². The van der Waals surface area contributed by atoms with Gasteiger partial charge in [-0.05, 0) is 61.4 Å². The van der Waals surface area contributed by atoms with Gasteiger partial charge in [0.1, 0.15) is 16.5 Å². The van der Waals surface area contributed by atoms with Crippen molar-refractivity contribution in [1.82, 2.24) is 0 Å². The molecule has 6 nitrogen and oxygen atoms in total. The van der Waals surface area contributed by atoms with Crippen LogP contribution in [0.3, 0.4) is 0 Å². The summed E-state index contributed by atoms with van der Waals surface area (Å²) in [5.74, 6) is 1.49. The highest BCUT2D eigenvalue weighted by molar-refractivity contribution is 7.17. The lowest BCUT2D eigenvalue weighted by molar-refractivity contribution is -0.116. The maximum atomic E-state index is 12.3. The highest BCUT2D eigenvalue weighted by Gasteiger charge is 2.27. The van der Waals surface area contributed by atoms with E-state index in [9.17, 15) is 9.59 Å². The van der Waals surface area contributed by atoms with Gasteiger partial charge in [0.2, 0.25) is 5.91 Å². The van der Waals surface area contributed by atoms with Crippen LogP contribution < -0.4 is 20.5 Å². The summed E-state index contributed by atoms with van der Waals surface area (Å²) in [4.78, 5) is 25.4. The molecule has 28 heavy (non-hydrogen) atoms. The van der Waals surface area contributed by atoms with E-state index in [1.165, 1.54) is 16.2 Å². The molecule has 0 saturated heterocycles. The minimum Gasteiger partial charge on any atom is -0.497 e. The lowest BCUT2D eigenvalue weighted by atomic mass is 9.88. The summed E-state index contributed by atoms with van der Waals surface area (Å²) in [6.07, 6.45) is 3.71. The lowest BCUT2D eigenvalue weighted by Crippen LogP contribution is -2.19. The number of hydrogen-bond donors (Lipinski definition) is 2. The average Bonchev–Trinajstić information content (AvgIpc) is 3.02. The van der Waals surface area contributed by atoms with E-state index in [-0.39, 0.29) is 5.91 Å². The summed E-state index contributed by atoms with van der Waals surface area (Å²) in [6, 6.07) is 7.31. The number of anilines is 1. The van der Waals surface area contributed by atoms with Gasteiger partial charge in [0.25, 0.3) is 5.91 Å². The molecule has 1 aliphatic carbocycles. The average molecular weight is 403 g/mol. The van der Waals surface area contributed by atoms with Crippen LogP contribution in [0.1, 0.15) is 47.0 Å². The third-order valence-corrected chi connectivity index (χ3v) is 6.06. The van der Waals surface area contributed by atoms with Gasteiger partial charge >= 0.3 is 0 Å². The number of rotatable bonds is 8. The van der Waals surface area contributed by atoms with Gasteiger partial charge in [-0.1, -0.05) is 6.92 Å². The number of methoxy groups -OCH3 is 1. The van der Waals surface area contributed by atoms with Gasteiger partial charge in [0.05, 0.1) is 19.3 Å². The first-order valence-electron chi connectivity index (χ1n) is 9.49. The summed E-state index contributed by atoms with van der Waals surface area (Å²) in [6.45, 7) is 2.63. The number of ether oxygens (including phenoxy) is 2. The van der Waals surface area contributed by atoms with Crippen molar-refractivity contribution in [2.24, 2.45) is 11.7 Å². The van der Waals surface area contributed by atoms with Crippen molar-refractivity contribution in [2.45, 2.75) is 39.0 Å². The Morgan fingerprint density at radius 2 is 1.96 bits per heavy atom. The number of nitrogens with two attached hydrogens (primary N) is 1. The number of carbonyl (C=O) groups excluding carboxylic acids is 2. The third kappa shape index (κ3) is 4.84. The molecular weight excluding hydrogens is 376 g/mol. The molecule has 1 aromatic heterocycles. The SMILES string of the molecule is COc1ccc(OCCCC(=O)Nc2sc3c(c2C(N)=O)CCC(C)C3)cc1. The largest absolute Gasteiger partial charge is 0.497 e. The highest BCUT2D eigenvalue weighted by atomic mass is 32.1. The molecule has 150 valence electrons. The van der Waals surface area contributed by atoms with Crippen LogP contribution in [0.4, 0.5) is 5.00 Å². The van der Waals surface area contributed by atoms with E-state index in [2.05, 4.69) is 12.2 Å². The number of nitrogens with one attached hydrogen (secondary N) is 1. The van der Waals surface area contributed by atoms with Crippen molar-refractivity contribution in [3.8, 4) is 11.5 Å². The maximum Gasteiger partial charge on any atom is 0.251 e. The monoisotopic (exact) mass is 402 g/mol. The Morgan fingerprint density at radius 1 is 1.25 bits per heavy atom. The van der Waals surface area contributed by atoms with Gasteiger partial charge in [0, 0.05) is 11.3 Å². The number of hydrogen-bond acceptors (Lipinski definition) is 5. The van der Waals surface area contributed by atoms with Crippen LogP contribution in [0, 0.1) is 5.92 Å². The predicted molar refractivity (Wildman–Crippen MR) is 110 cm³/mol. The van der Waals surface area contributed by atoms with Gasteiger partial charge in [-0.15, -0.1) is 11.3 Å². The zero-order chi connectivity index (χ0) is 20.1. The molecule has 7 heteroatoms. The Kier molecular flexibility index (Phi) is 6.57. The standard InChI is InChI=1S/C21H26N2O4S/c1-13-5-10-16-17(12-13)28-21(19(16)20(22)25)23-18(24)4-3-11-27-15-8-6-14(26-2)7-9-15/h6-9,13H,3-5,10-12H2,1-2H3,(H2,22,25)(H,23,24). The Morgan fingerprint density at radius 3 is 2.64 bits per heavy atom. The highest BCUT2D eigenvalue weighted by Crippen LogP contribution is 2.39. The van der Waals surface area contributed by atoms with Crippen molar-refractivity contribution in [3.63, 3.8) is 0 Å². The maximum absolute atomic E-state index is 12.3. The molecule has 0 spiro atoms. The van der Waals surface area contributed by atoms with Crippen LogP contribution in [0.5, 0.6) is 11.5 Å². The zero-order valence-electron chi connectivity index (χ0n) is 16.2. The van der Waals surface area contributed by atoms with Crippen molar-refractivity contribution in [1.29, 1.82) is 0 Å². The Bertz CT molecular complexity index is 845. The smallest absolute Gasteiger partial charge is 0.251 e. The van der Waals surface area contributed by atoms with Crippen LogP contribution in [0.15, 0.2) is 24.3 Å². The van der Waals surface area contributed by atoms with E-state index in [0.717, 1.165) is 36.3 Å². The number of primary amides is 1.